The molecule has 2 N–H and O–H groups in total. The summed E-state index contributed by atoms with van der Waals surface area (Å²) in [6.07, 6.45) is 0. The highest BCUT2D eigenvalue weighted by atomic mass is 79.9. The molecular formula is C12H21BrN2O4S. The number of hydrogen-bond donors (Lipinski definition) is 2. The molecular weight excluding hydrogens is 348 g/mol. The maximum atomic E-state index is 12.2. The fraction of sp³-hybridized carbons (Fsp3) is 0.667. The van der Waals surface area contributed by atoms with Crippen LogP contribution in [0.15, 0.2) is 20.0 Å². The van der Waals surface area contributed by atoms with Crippen LogP contribution >= 0.6 is 15.9 Å². The van der Waals surface area contributed by atoms with E-state index in [0.29, 0.717) is 6.54 Å². The molecule has 8 heteroatoms. The van der Waals surface area contributed by atoms with E-state index >= 15 is 0 Å². The van der Waals surface area contributed by atoms with E-state index in [0.717, 1.165) is 6.54 Å². The molecule has 0 amide bonds. The molecule has 0 aliphatic carbocycles. The van der Waals surface area contributed by atoms with E-state index in [4.69, 9.17) is 9.52 Å². The van der Waals surface area contributed by atoms with Gasteiger partial charge < -0.3 is 14.4 Å². The van der Waals surface area contributed by atoms with Gasteiger partial charge in [-0.2, -0.15) is 0 Å². The van der Waals surface area contributed by atoms with Crippen LogP contribution < -0.4 is 4.72 Å². The van der Waals surface area contributed by atoms with Crippen molar-refractivity contribution < 1.29 is 17.9 Å². The summed E-state index contributed by atoms with van der Waals surface area (Å²) in [6.45, 7) is 4.68. The minimum Gasteiger partial charge on any atom is -0.450 e. The Morgan fingerprint density at radius 1 is 1.45 bits per heavy atom. The Morgan fingerprint density at radius 3 is 2.50 bits per heavy atom. The van der Waals surface area contributed by atoms with E-state index in [1.165, 1.54) is 6.07 Å². The van der Waals surface area contributed by atoms with Gasteiger partial charge in [-0.25, -0.2) is 13.1 Å². The zero-order valence-electron chi connectivity index (χ0n) is 12.1. The zero-order valence-corrected chi connectivity index (χ0v) is 14.5. The van der Waals surface area contributed by atoms with Gasteiger partial charge in [0.2, 0.25) is 10.0 Å². The molecule has 0 fully saturated rings. The summed E-state index contributed by atoms with van der Waals surface area (Å²) in [6, 6.07) is 1.31. The van der Waals surface area contributed by atoms with Crippen LogP contribution in [0.2, 0.25) is 0 Å². The highest BCUT2D eigenvalue weighted by Crippen LogP contribution is 2.26. The van der Waals surface area contributed by atoms with Gasteiger partial charge in [0, 0.05) is 19.2 Å². The largest absolute Gasteiger partial charge is 0.450 e. The number of furan rings is 1. The summed E-state index contributed by atoms with van der Waals surface area (Å²) < 4.78 is 32.2. The van der Waals surface area contributed by atoms with Crippen molar-refractivity contribution in [2.45, 2.75) is 25.3 Å². The molecule has 1 aromatic rings. The van der Waals surface area contributed by atoms with E-state index in [9.17, 15) is 8.42 Å². The zero-order chi connectivity index (χ0) is 15.6. The molecule has 1 heterocycles. The second-order valence-electron chi connectivity index (χ2n) is 5.74. The van der Waals surface area contributed by atoms with Crippen LogP contribution in [0.25, 0.3) is 0 Å². The lowest BCUT2D eigenvalue weighted by Gasteiger charge is -2.28. The Hall–Kier alpha value is -0.410. The van der Waals surface area contributed by atoms with Gasteiger partial charge >= 0.3 is 0 Å². The van der Waals surface area contributed by atoms with Crippen LogP contribution in [0.4, 0.5) is 0 Å². The van der Waals surface area contributed by atoms with E-state index in [1.807, 2.05) is 32.8 Å². The lowest BCUT2D eigenvalue weighted by Crippen LogP contribution is -2.39. The molecule has 6 nitrogen and oxygen atoms in total. The summed E-state index contributed by atoms with van der Waals surface area (Å²) in [5.41, 5.74) is -0.202. The number of sulfonamides is 1. The number of halogens is 1. The van der Waals surface area contributed by atoms with Crippen molar-refractivity contribution in [3.63, 3.8) is 0 Å². The Bertz CT molecular complexity index is 552. The number of rotatable bonds is 7. The van der Waals surface area contributed by atoms with Gasteiger partial charge in [-0.3, -0.25) is 0 Å². The van der Waals surface area contributed by atoms with Gasteiger partial charge in [0.25, 0.3) is 0 Å². The van der Waals surface area contributed by atoms with Crippen molar-refractivity contribution in [3.05, 3.63) is 16.5 Å². The van der Waals surface area contributed by atoms with Crippen molar-refractivity contribution in [2.24, 2.45) is 5.41 Å². The first-order chi connectivity index (χ1) is 9.07. The highest BCUT2D eigenvalue weighted by Gasteiger charge is 2.26. The van der Waals surface area contributed by atoms with Gasteiger partial charge in [-0.05, 0) is 35.4 Å². The average molecular weight is 369 g/mol. The Balaban J connectivity index is 2.82. The van der Waals surface area contributed by atoms with Gasteiger partial charge in [0.15, 0.2) is 4.67 Å². The van der Waals surface area contributed by atoms with E-state index < -0.39 is 10.0 Å². The van der Waals surface area contributed by atoms with Gasteiger partial charge in [-0.15, -0.1) is 0 Å². The minimum atomic E-state index is -3.67. The number of aliphatic hydroxyl groups excluding tert-OH is 1. The summed E-state index contributed by atoms with van der Waals surface area (Å²) in [5.74, 6) is 0.199. The molecule has 0 atom stereocenters. The molecule has 116 valence electrons. The first-order valence-electron chi connectivity index (χ1n) is 6.11. The molecule has 0 radical (unpaired) electrons. The fourth-order valence-corrected chi connectivity index (χ4v) is 4.18. The molecule has 0 unspecified atom stereocenters. The monoisotopic (exact) mass is 368 g/mol. The van der Waals surface area contributed by atoms with Crippen LogP contribution in [-0.4, -0.2) is 45.6 Å². The molecule has 0 aromatic carbocycles. The van der Waals surface area contributed by atoms with Crippen LogP contribution in [0.3, 0.4) is 0 Å². The van der Waals surface area contributed by atoms with Crippen LogP contribution in [0, 0.1) is 5.41 Å². The van der Waals surface area contributed by atoms with Crippen molar-refractivity contribution in [3.8, 4) is 0 Å². The Kier molecular flexibility index (Phi) is 5.79. The smallest absolute Gasteiger partial charge is 0.244 e. The van der Waals surface area contributed by atoms with E-state index in [1.54, 1.807) is 0 Å². The quantitative estimate of drug-likeness (QED) is 0.759. The molecule has 1 aromatic heterocycles. The minimum absolute atomic E-state index is 0.00204. The molecule has 20 heavy (non-hydrogen) atoms. The third-order valence-electron chi connectivity index (χ3n) is 2.64. The molecule has 0 aliphatic heterocycles. The van der Waals surface area contributed by atoms with Gasteiger partial charge in [0.05, 0.1) is 0 Å². The Labute approximate surface area is 128 Å². The third kappa shape index (κ3) is 4.85. The second kappa shape index (κ2) is 6.57. The van der Waals surface area contributed by atoms with Crippen molar-refractivity contribution in [1.29, 1.82) is 0 Å². The third-order valence-corrected chi connectivity index (χ3v) is 4.90. The fourth-order valence-electron chi connectivity index (χ4n) is 1.94. The van der Waals surface area contributed by atoms with E-state index in [-0.39, 0.29) is 27.3 Å². The van der Waals surface area contributed by atoms with Crippen LogP contribution in [0.5, 0.6) is 0 Å². The maximum Gasteiger partial charge on any atom is 0.244 e. The standard InChI is InChI=1S/C12H21BrN2O4S/c1-12(2,8-15(3)4)7-14-20(17,18)10-5-9(6-16)19-11(10)13/h5,14,16H,6-8H2,1-4H3. The summed E-state index contributed by atoms with van der Waals surface area (Å²) >= 11 is 3.05. The predicted octanol–water partition coefficient (Wildman–Crippen LogP) is 1.40. The number of hydrogen-bond acceptors (Lipinski definition) is 5. The lowest BCUT2D eigenvalue weighted by atomic mass is 9.93. The SMILES string of the molecule is CN(C)CC(C)(C)CNS(=O)(=O)c1cc(CO)oc1Br. The molecule has 0 saturated carbocycles. The van der Waals surface area contributed by atoms with Gasteiger partial charge in [0.1, 0.15) is 17.3 Å². The van der Waals surface area contributed by atoms with Gasteiger partial charge in [-0.1, -0.05) is 13.8 Å². The molecule has 1 rings (SSSR count). The van der Waals surface area contributed by atoms with E-state index in [2.05, 4.69) is 20.7 Å². The number of nitrogens with zero attached hydrogens (tertiary/aromatic N) is 1. The van der Waals surface area contributed by atoms with Crippen LogP contribution in [0.1, 0.15) is 19.6 Å². The lowest BCUT2D eigenvalue weighted by molar-refractivity contribution is 0.242. The first kappa shape index (κ1) is 17.6. The Morgan fingerprint density at radius 2 is 2.05 bits per heavy atom. The second-order valence-corrected chi connectivity index (χ2v) is 8.19. The van der Waals surface area contributed by atoms with Crippen molar-refractivity contribution >= 4 is 26.0 Å². The van der Waals surface area contributed by atoms with Crippen LogP contribution in [-0.2, 0) is 16.6 Å². The number of nitrogens with one attached hydrogen (secondary N) is 1. The normalized spacial score (nSPS) is 13.2. The average Bonchev–Trinajstić information content (AvgIpc) is 2.67. The number of aliphatic hydroxyl groups is 1. The topological polar surface area (TPSA) is 82.8 Å². The molecule has 0 aliphatic rings. The molecule has 0 spiro atoms. The molecule has 0 saturated heterocycles. The molecule has 0 bridgehead atoms. The summed E-state index contributed by atoms with van der Waals surface area (Å²) in [4.78, 5) is 2.01. The first-order valence-corrected chi connectivity index (χ1v) is 8.38. The summed E-state index contributed by atoms with van der Waals surface area (Å²) in [5, 5.41) is 8.96. The van der Waals surface area contributed by atoms with Crippen molar-refractivity contribution in [1.82, 2.24) is 9.62 Å². The van der Waals surface area contributed by atoms with Crippen molar-refractivity contribution in [2.75, 3.05) is 27.2 Å². The maximum absolute atomic E-state index is 12.2. The highest BCUT2D eigenvalue weighted by molar-refractivity contribution is 9.10. The predicted molar refractivity (Wildman–Crippen MR) is 79.9 cm³/mol. The summed E-state index contributed by atoms with van der Waals surface area (Å²) in [7, 11) is 0.212.